The Bertz CT molecular complexity index is 771. The van der Waals surface area contributed by atoms with Gasteiger partial charge in [-0.25, -0.2) is 9.50 Å². The summed E-state index contributed by atoms with van der Waals surface area (Å²) >= 11 is 0. The standard InChI is InChI=1S/C13H10N4O2.Na/c1-8-11(13(18)19)12-15-6-4-10(17(12)16-8)9-3-2-5-14-7-9;/h2-7H,1H3,(H,18,19);/q;+1/p-1. The smallest absolute Gasteiger partial charge is 0.545 e. The molecule has 0 aliphatic heterocycles. The van der Waals surface area contributed by atoms with E-state index >= 15 is 0 Å². The van der Waals surface area contributed by atoms with E-state index in [1.165, 1.54) is 4.52 Å². The van der Waals surface area contributed by atoms with Crippen molar-refractivity contribution in [1.82, 2.24) is 19.6 Å². The molecular formula is C13H9N4NaO2. The van der Waals surface area contributed by atoms with Crippen molar-refractivity contribution in [3.05, 3.63) is 48.0 Å². The van der Waals surface area contributed by atoms with E-state index in [0.717, 1.165) is 11.3 Å². The van der Waals surface area contributed by atoms with Gasteiger partial charge < -0.3 is 9.90 Å². The van der Waals surface area contributed by atoms with Gasteiger partial charge in [0.1, 0.15) is 0 Å². The van der Waals surface area contributed by atoms with Gasteiger partial charge in [0.15, 0.2) is 5.65 Å². The molecule has 3 aromatic heterocycles. The molecule has 6 nitrogen and oxygen atoms in total. The van der Waals surface area contributed by atoms with Crippen molar-refractivity contribution in [3.63, 3.8) is 0 Å². The van der Waals surface area contributed by atoms with Gasteiger partial charge in [0.25, 0.3) is 0 Å². The second-order valence-corrected chi connectivity index (χ2v) is 4.06. The Morgan fingerprint density at radius 1 is 1.30 bits per heavy atom. The van der Waals surface area contributed by atoms with Crippen LogP contribution in [-0.4, -0.2) is 25.6 Å². The number of carboxylic acids is 1. The first-order chi connectivity index (χ1) is 9.18. The molecule has 0 saturated heterocycles. The number of aromatic nitrogens is 4. The van der Waals surface area contributed by atoms with Gasteiger partial charge in [0.2, 0.25) is 0 Å². The summed E-state index contributed by atoms with van der Waals surface area (Å²) in [5.74, 6) is -1.27. The van der Waals surface area contributed by atoms with Crippen LogP contribution < -0.4 is 34.7 Å². The van der Waals surface area contributed by atoms with E-state index < -0.39 is 5.97 Å². The molecule has 0 fully saturated rings. The Morgan fingerprint density at radius 2 is 2.10 bits per heavy atom. The van der Waals surface area contributed by atoms with Crippen LogP contribution in [0.1, 0.15) is 16.1 Å². The van der Waals surface area contributed by atoms with Crippen molar-refractivity contribution in [2.45, 2.75) is 6.92 Å². The average Bonchev–Trinajstić information content (AvgIpc) is 2.75. The van der Waals surface area contributed by atoms with Crippen molar-refractivity contribution >= 4 is 11.6 Å². The van der Waals surface area contributed by atoms with Crippen molar-refractivity contribution in [2.24, 2.45) is 0 Å². The van der Waals surface area contributed by atoms with Crippen molar-refractivity contribution in [3.8, 4) is 11.3 Å². The molecule has 3 rings (SSSR count). The zero-order valence-corrected chi connectivity index (χ0v) is 13.1. The van der Waals surface area contributed by atoms with Gasteiger partial charge in [-0.2, -0.15) is 5.10 Å². The first-order valence-electron chi connectivity index (χ1n) is 5.64. The van der Waals surface area contributed by atoms with Gasteiger partial charge in [0.05, 0.1) is 22.9 Å². The number of carbonyl (C=O) groups is 1. The fraction of sp³-hybridized carbons (Fsp3) is 0.0769. The maximum absolute atomic E-state index is 11.1. The number of rotatable bonds is 2. The Labute approximate surface area is 136 Å². The summed E-state index contributed by atoms with van der Waals surface area (Å²) in [5, 5.41) is 15.3. The number of hydrogen-bond acceptors (Lipinski definition) is 5. The quantitative estimate of drug-likeness (QED) is 0.482. The summed E-state index contributed by atoms with van der Waals surface area (Å²) in [5.41, 5.74) is 2.24. The van der Waals surface area contributed by atoms with Crippen LogP contribution in [0.2, 0.25) is 0 Å². The third-order valence-electron chi connectivity index (χ3n) is 2.85. The Morgan fingerprint density at radius 3 is 2.75 bits per heavy atom. The first kappa shape index (κ1) is 14.6. The molecule has 0 radical (unpaired) electrons. The van der Waals surface area contributed by atoms with Crippen LogP contribution in [-0.2, 0) is 0 Å². The molecule has 0 unspecified atom stereocenters. The molecule has 7 heteroatoms. The second kappa shape index (κ2) is 5.70. The molecule has 0 spiro atoms. The number of nitrogens with zero attached hydrogens (tertiary/aromatic N) is 4. The summed E-state index contributed by atoms with van der Waals surface area (Å²) in [7, 11) is 0. The van der Waals surface area contributed by atoms with Gasteiger partial charge in [-0.3, -0.25) is 4.98 Å². The molecule has 3 aromatic rings. The third kappa shape index (κ3) is 2.33. The minimum atomic E-state index is -1.27. The summed E-state index contributed by atoms with van der Waals surface area (Å²) in [6.07, 6.45) is 4.90. The molecule has 0 N–H and O–H groups in total. The summed E-state index contributed by atoms with van der Waals surface area (Å²) < 4.78 is 1.50. The number of aromatic carboxylic acids is 1. The fourth-order valence-electron chi connectivity index (χ4n) is 2.02. The number of pyridine rings is 1. The molecule has 0 aliphatic carbocycles. The van der Waals surface area contributed by atoms with Gasteiger partial charge in [0, 0.05) is 24.2 Å². The van der Waals surface area contributed by atoms with Crippen LogP contribution in [0.25, 0.3) is 16.9 Å². The number of carboxylic acid groups (broad SMARTS) is 1. The average molecular weight is 276 g/mol. The van der Waals surface area contributed by atoms with Crippen LogP contribution >= 0.6 is 0 Å². The monoisotopic (exact) mass is 276 g/mol. The van der Waals surface area contributed by atoms with E-state index in [2.05, 4.69) is 15.1 Å². The fourth-order valence-corrected chi connectivity index (χ4v) is 2.02. The Balaban J connectivity index is 0.00000147. The van der Waals surface area contributed by atoms with Gasteiger partial charge in [-0.05, 0) is 25.1 Å². The predicted molar refractivity (Wildman–Crippen MR) is 65.3 cm³/mol. The normalized spacial score (nSPS) is 10.2. The van der Waals surface area contributed by atoms with E-state index in [1.54, 1.807) is 37.6 Å². The Kier molecular flexibility index (Phi) is 4.17. The number of hydrogen-bond donors (Lipinski definition) is 0. The molecular weight excluding hydrogens is 267 g/mol. The topological polar surface area (TPSA) is 83.2 Å². The number of carbonyl (C=O) groups excluding carboxylic acids is 1. The van der Waals surface area contributed by atoms with Crippen LogP contribution in [0, 0.1) is 6.92 Å². The van der Waals surface area contributed by atoms with Crippen LogP contribution in [0.15, 0.2) is 36.8 Å². The second-order valence-electron chi connectivity index (χ2n) is 4.06. The minimum Gasteiger partial charge on any atom is -0.545 e. The largest absolute Gasteiger partial charge is 1.00 e. The molecule has 0 aromatic carbocycles. The van der Waals surface area contributed by atoms with Crippen LogP contribution in [0.5, 0.6) is 0 Å². The molecule has 0 amide bonds. The van der Waals surface area contributed by atoms with Crippen LogP contribution in [0.3, 0.4) is 0 Å². The molecule has 0 saturated carbocycles. The van der Waals surface area contributed by atoms with Crippen molar-refractivity contribution in [1.29, 1.82) is 0 Å². The van der Waals surface area contributed by atoms with Gasteiger partial charge >= 0.3 is 29.6 Å². The van der Waals surface area contributed by atoms with E-state index in [1.807, 2.05) is 6.07 Å². The van der Waals surface area contributed by atoms with E-state index in [-0.39, 0.29) is 40.8 Å². The van der Waals surface area contributed by atoms with E-state index in [0.29, 0.717) is 5.69 Å². The summed E-state index contributed by atoms with van der Waals surface area (Å²) in [6, 6.07) is 5.44. The molecule has 94 valence electrons. The summed E-state index contributed by atoms with van der Waals surface area (Å²) in [4.78, 5) is 19.2. The molecule has 0 aliphatic rings. The molecule has 0 atom stereocenters. The van der Waals surface area contributed by atoms with E-state index in [9.17, 15) is 9.90 Å². The maximum Gasteiger partial charge on any atom is 1.00 e. The number of fused-ring (bicyclic) bond motifs is 1. The molecule has 20 heavy (non-hydrogen) atoms. The van der Waals surface area contributed by atoms with Gasteiger partial charge in [-0.1, -0.05) is 0 Å². The zero-order valence-electron chi connectivity index (χ0n) is 11.1. The maximum atomic E-state index is 11.1. The molecule has 3 heterocycles. The van der Waals surface area contributed by atoms with Crippen molar-refractivity contribution < 1.29 is 39.5 Å². The van der Waals surface area contributed by atoms with Crippen molar-refractivity contribution in [2.75, 3.05) is 0 Å². The zero-order chi connectivity index (χ0) is 13.4. The Hall–Kier alpha value is -1.76. The third-order valence-corrected chi connectivity index (χ3v) is 2.85. The summed E-state index contributed by atoms with van der Waals surface area (Å²) in [6.45, 7) is 1.62. The number of aryl methyl sites for hydroxylation is 1. The van der Waals surface area contributed by atoms with Gasteiger partial charge in [-0.15, -0.1) is 0 Å². The predicted octanol–water partition coefficient (Wildman–Crippen LogP) is -2.53. The van der Waals surface area contributed by atoms with Crippen LogP contribution in [0.4, 0.5) is 0 Å². The van der Waals surface area contributed by atoms with E-state index in [4.69, 9.17) is 0 Å². The SMILES string of the molecule is Cc1nn2c(-c3cccnc3)ccnc2c1C(=O)[O-].[Na+]. The first-order valence-corrected chi connectivity index (χ1v) is 5.64. The minimum absolute atomic E-state index is 0. The molecule has 0 bridgehead atoms.